The lowest BCUT2D eigenvalue weighted by molar-refractivity contribution is -0.135. The fourth-order valence-electron chi connectivity index (χ4n) is 3.72. The van der Waals surface area contributed by atoms with Gasteiger partial charge in [0.2, 0.25) is 0 Å². The van der Waals surface area contributed by atoms with Crippen molar-refractivity contribution < 1.29 is 19.1 Å². The molecule has 0 saturated carbocycles. The number of carbonyl (C=O) groups excluding carboxylic acids is 3. The third-order valence-electron chi connectivity index (χ3n) is 5.52. The molecule has 3 heterocycles. The van der Waals surface area contributed by atoms with Gasteiger partial charge in [-0.15, -0.1) is 0 Å². The van der Waals surface area contributed by atoms with Crippen LogP contribution in [0.2, 0.25) is 5.02 Å². The lowest BCUT2D eigenvalue weighted by atomic mass is 10.3. The van der Waals surface area contributed by atoms with E-state index in [-0.39, 0.29) is 22.7 Å². The fraction of sp³-hybridized carbons (Fsp3) is 0.292. The van der Waals surface area contributed by atoms with E-state index in [0.29, 0.717) is 37.7 Å². The Balaban J connectivity index is 1.30. The molecule has 1 aromatic carbocycles. The molecule has 35 heavy (non-hydrogen) atoms. The van der Waals surface area contributed by atoms with Crippen molar-refractivity contribution in [2.75, 3.05) is 38.1 Å². The first kappa shape index (κ1) is 24.2. The van der Waals surface area contributed by atoms with Crippen LogP contribution in [0.15, 0.2) is 48.5 Å². The van der Waals surface area contributed by atoms with E-state index in [1.807, 2.05) is 38.1 Å². The predicted octanol–water partition coefficient (Wildman–Crippen LogP) is 3.07. The molecule has 3 amide bonds. The molecule has 4 rings (SSSR count). The number of nitrogens with one attached hydrogen (secondary N) is 1. The van der Waals surface area contributed by atoms with E-state index >= 15 is 0 Å². The summed E-state index contributed by atoms with van der Waals surface area (Å²) < 4.78 is 6.80. The van der Waals surface area contributed by atoms with Gasteiger partial charge in [0.25, 0.3) is 5.91 Å². The Morgan fingerprint density at radius 2 is 1.69 bits per heavy atom. The zero-order valence-electron chi connectivity index (χ0n) is 19.4. The Labute approximate surface area is 207 Å². The molecular weight excluding hydrogens is 472 g/mol. The number of anilines is 1. The van der Waals surface area contributed by atoms with Crippen LogP contribution in [0.4, 0.5) is 10.5 Å². The number of ether oxygens (including phenoxy) is 1. The van der Waals surface area contributed by atoms with Gasteiger partial charge < -0.3 is 19.9 Å². The molecule has 1 aliphatic rings. The van der Waals surface area contributed by atoms with Crippen molar-refractivity contribution in [2.24, 2.45) is 0 Å². The monoisotopic (exact) mass is 496 g/mol. The molecule has 3 aromatic rings. The first-order valence-electron chi connectivity index (χ1n) is 11.1. The highest BCUT2D eigenvalue weighted by molar-refractivity contribution is 6.33. The molecule has 1 fully saturated rings. The molecule has 1 aliphatic heterocycles. The lowest BCUT2D eigenvalue weighted by Gasteiger charge is -2.34. The van der Waals surface area contributed by atoms with Gasteiger partial charge in [-0.1, -0.05) is 29.8 Å². The third kappa shape index (κ3) is 5.78. The second-order valence-corrected chi connectivity index (χ2v) is 8.49. The summed E-state index contributed by atoms with van der Waals surface area (Å²) in [5.41, 5.74) is 2.28. The molecule has 182 valence electrons. The topological polar surface area (TPSA) is 110 Å². The molecule has 2 aromatic heterocycles. The van der Waals surface area contributed by atoms with E-state index in [9.17, 15) is 14.4 Å². The molecule has 0 aliphatic carbocycles. The maximum Gasteiger partial charge on any atom is 0.359 e. The first-order chi connectivity index (χ1) is 16.8. The number of aromatic nitrogens is 3. The van der Waals surface area contributed by atoms with Crippen molar-refractivity contribution in [2.45, 2.75) is 13.8 Å². The molecule has 0 atom stereocenters. The zero-order chi connectivity index (χ0) is 24.9. The van der Waals surface area contributed by atoms with Crippen LogP contribution in [0.1, 0.15) is 21.9 Å². The Morgan fingerprint density at radius 1 is 1.00 bits per heavy atom. The number of piperazine rings is 1. The number of aryl methyl sites for hydroxylation is 2. The smallest absolute Gasteiger partial charge is 0.359 e. The first-order valence-corrected chi connectivity index (χ1v) is 11.5. The number of carbonyl (C=O) groups is 3. The summed E-state index contributed by atoms with van der Waals surface area (Å²) in [4.78, 5) is 45.1. The lowest BCUT2D eigenvalue weighted by Crippen LogP contribution is -2.52. The van der Waals surface area contributed by atoms with E-state index in [0.717, 1.165) is 11.4 Å². The van der Waals surface area contributed by atoms with E-state index in [1.165, 1.54) is 0 Å². The van der Waals surface area contributed by atoms with Crippen LogP contribution in [0.25, 0.3) is 5.82 Å². The summed E-state index contributed by atoms with van der Waals surface area (Å²) in [7, 11) is 0. The summed E-state index contributed by atoms with van der Waals surface area (Å²) in [6.45, 7) is 4.70. The Morgan fingerprint density at radius 3 is 2.34 bits per heavy atom. The standard InChI is InChI=1S/C24H25ClN6O4/c1-16-14-17(2)31(28-16)20-9-8-19(25)22(27-20)23(33)35-15-21(32)29-10-12-30(13-11-29)24(34)26-18-6-4-3-5-7-18/h3-9,14H,10-13,15H2,1-2H3,(H,26,34). The SMILES string of the molecule is Cc1cc(C)n(-c2ccc(Cl)c(C(=O)OCC(=O)N3CCN(C(=O)Nc4ccccc4)CC3)n2)n1. The Bertz CT molecular complexity index is 1240. The highest BCUT2D eigenvalue weighted by Gasteiger charge is 2.25. The number of pyridine rings is 1. The van der Waals surface area contributed by atoms with Crippen molar-refractivity contribution in [1.82, 2.24) is 24.6 Å². The molecule has 0 unspecified atom stereocenters. The summed E-state index contributed by atoms with van der Waals surface area (Å²) in [5.74, 6) is -0.733. The number of urea groups is 1. The van der Waals surface area contributed by atoms with E-state index < -0.39 is 12.6 Å². The number of rotatable bonds is 5. The summed E-state index contributed by atoms with van der Waals surface area (Å²) in [6.07, 6.45) is 0. The average molecular weight is 497 g/mol. The van der Waals surface area contributed by atoms with Crippen LogP contribution in [0.5, 0.6) is 0 Å². The second kappa shape index (κ2) is 10.6. The molecule has 0 spiro atoms. The van der Waals surface area contributed by atoms with Crippen LogP contribution in [0, 0.1) is 13.8 Å². The van der Waals surface area contributed by atoms with Crippen LogP contribution in [-0.4, -0.2) is 75.3 Å². The van der Waals surface area contributed by atoms with Crippen LogP contribution in [-0.2, 0) is 9.53 Å². The van der Waals surface area contributed by atoms with Crippen LogP contribution < -0.4 is 5.32 Å². The number of halogens is 1. The molecular formula is C24H25ClN6O4. The summed E-state index contributed by atoms with van der Waals surface area (Å²) in [6, 6.07) is 14.0. The maximum atomic E-state index is 12.6. The second-order valence-electron chi connectivity index (χ2n) is 8.08. The third-order valence-corrected chi connectivity index (χ3v) is 5.83. The van der Waals surface area contributed by atoms with Crippen LogP contribution >= 0.6 is 11.6 Å². The van der Waals surface area contributed by atoms with Gasteiger partial charge in [0.15, 0.2) is 18.1 Å². The molecule has 0 radical (unpaired) electrons. The highest BCUT2D eigenvalue weighted by atomic mass is 35.5. The van der Waals surface area contributed by atoms with Gasteiger partial charge in [0, 0.05) is 37.6 Å². The number of esters is 1. The average Bonchev–Trinajstić information content (AvgIpc) is 3.21. The molecule has 1 saturated heterocycles. The van der Waals surface area contributed by atoms with Crippen molar-refractivity contribution >= 4 is 35.2 Å². The quantitative estimate of drug-likeness (QED) is 0.544. The number of benzene rings is 1. The minimum absolute atomic E-state index is 0.0908. The number of para-hydroxylation sites is 1. The van der Waals surface area contributed by atoms with Gasteiger partial charge in [-0.3, -0.25) is 4.79 Å². The van der Waals surface area contributed by atoms with Crippen LogP contribution in [0.3, 0.4) is 0 Å². The number of hydrogen-bond donors (Lipinski definition) is 1. The van der Waals surface area contributed by atoms with Gasteiger partial charge in [-0.2, -0.15) is 5.10 Å². The Kier molecular flexibility index (Phi) is 7.31. The van der Waals surface area contributed by atoms with Gasteiger partial charge >= 0.3 is 12.0 Å². The number of amides is 3. The summed E-state index contributed by atoms with van der Waals surface area (Å²) >= 11 is 6.16. The number of nitrogens with zero attached hydrogens (tertiary/aromatic N) is 5. The van der Waals surface area contributed by atoms with Gasteiger partial charge in [0.05, 0.1) is 10.7 Å². The molecule has 10 nitrogen and oxygen atoms in total. The highest BCUT2D eigenvalue weighted by Crippen LogP contribution is 2.19. The molecule has 11 heteroatoms. The zero-order valence-corrected chi connectivity index (χ0v) is 20.2. The van der Waals surface area contributed by atoms with Gasteiger partial charge in [-0.25, -0.2) is 19.3 Å². The predicted molar refractivity (Wildman–Crippen MR) is 130 cm³/mol. The Hall–Kier alpha value is -3.92. The van der Waals surface area contributed by atoms with E-state index in [1.54, 1.807) is 38.7 Å². The minimum atomic E-state index is -0.799. The number of hydrogen-bond acceptors (Lipinski definition) is 6. The van der Waals surface area contributed by atoms with E-state index in [4.69, 9.17) is 16.3 Å². The van der Waals surface area contributed by atoms with Crippen molar-refractivity contribution in [3.05, 3.63) is 70.6 Å². The molecule has 1 N–H and O–H groups in total. The largest absolute Gasteiger partial charge is 0.451 e. The van der Waals surface area contributed by atoms with Crippen molar-refractivity contribution in [3.63, 3.8) is 0 Å². The summed E-state index contributed by atoms with van der Waals surface area (Å²) in [5, 5.41) is 7.30. The minimum Gasteiger partial charge on any atom is -0.451 e. The normalized spacial score (nSPS) is 13.5. The fourth-order valence-corrected chi connectivity index (χ4v) is 3.91. The van der Waals surface area contributed by atoms with Crippen molar-refractivity contribution in [1.29, 1.82) is 0 Å². The van der Waals surface area contributed by atoms with Crippen molar-refractivity contribution in [3.8, 4) is 5.82 Å². The maximum absolute atomic E-state index is 12.6. The van der Waals surface area contributed by atoms with E-state index in [2.05, 4.69) is 15.4 Å². The van der Waals surface area contributed by atoms with Gasteiger partial charge in [0.1, 0.15) is 0 Å². The molecule has 0 bridgehead atoms. The van der Waals surface area contributed by atoms with Gasteiger partial charge in [-0.05, 0) is 44.2 Å².